The number of para-hydroxylation sites is 2. The summed E-state index contributed by atoms with van der Waals surface area (Å²) in [5.41, 5.74) is 13.3. The molecule has 0 atom stereocenters. The summed E-state index contributed by atoms with van der Waals surface area (Å²) in [6.45, 7) is 20.4. The zero-order valence-electron chi connectivity index (χ0n) is 35.3. The average molecular weight is 967 g/mol. The van der Waals surface area contributed by atoms with Crippen molar-refractivity contribution in [2.45, 2.75) is 72.5 Å². The van der Waals surface area contributed by atoms with Crippen molar-refractivity contribution in [3.05, 3.63) is 163 Å². The summed E-state index contributed by atoms with van der Waals surface area (Å²) in [7, 11) is -1.34. The number of hydrogen-bond donors (Lipinski definition) is 0. The third-order valence-corrected chi connectivity index (χ3v) is 12.8. The van der Waals surface area contributed by atoms with Crippen LogP contribution in [0.3, 0.4) is 0 Å². The molecule has 5 nitrogen and oxygen atoms in total. The molecule has 0 saturated heterocycles. The van der Waals surface area contributed by atoms with Gasteiger partial charge in [0.25, 0.3) is 0 Å². The Morgan fingerprint density at radius 3 is 2.20 bits per heavy atom. The molecule has 0 saturated carbocycles. The van der Waals surface area contributed by atoms with E-state index in [0.29, 0.717) is 11.6 Å². The molecule has 0 aliphatic rings. The molecule has 0 spiro atoms. The summed E-state index contributed by atoms with van der Waals surface area (Å²) >= 11 is 0. The van der Waals surface area contributed by atoms with Gasteiger partial charge < -0.3 is 14.0 Å². The van der Waals surface area contributed by atoms with E-state index in [9.17, 15) is 0 Å². The molecule has 0 amide bonds. The molecule has 1 radical (unpaired) electrons. The zero-order chi connectivity index (χ0) is 40.8. The molecule has 59 heavy (non-hydrogen) atoms. The molecule has 4 heterocycles. The fourth-order valence-corrected chi connectivity index (χ4v) is 9.32. The second-order valence-electron chi connectivity index (χ2n) is 17.4. The number of pyridine rings is 2. The summed E-state index contributed by atoms with van der Waals surface area (Å²) in [5.74, 6) is 1.32. The van der Waals surface area contributed by atoms with Gasteiger partial charge in [0, 0.05) is 48.6 Å². The quantitative estimate of drug-likeness (QED) is 0.123. The minimum atomic E-state index is -1.34. The number of fused-ring (bicyclic) bond motifs is 4. The van der Waals surface area contributed by atoms with E-state index in [-0.39, 0.29) is 25.5 Å². The molecule has 5 aromatic carbocycles. The maximum absolute atomic E-state index is 6.39. The Hall–Kier alpha value is -5.46. The molecule has 299 valence electrons. The van der Waals surface area contributed by atoms with Crippen LogP contribution < -0.4 is 5.19 Å². The normalized spacial score (nSPS) is 11.8. The molecule has 0 aliphatic heterocycles. The second kappa shape index (κ2) is 16.7. The summed E-state index contributed by atoms with van der Waals surface area (Å²) in [4.78, 5) is 14.5. The van der Waals surface area contributed by atoms with Gasteiger partial charge >= 0.3 is 0 Å². The number of imidazole rings is 1. The minimum Gasteiger partial charge on any atom is -0.486 e. The zero-order valence-corrected chi connectivity index (χ0v) is 38.7. The molecule has 9 rings (SSSR count). The van der Waals surface area contributed by atoms with Crippen LogP contribution in [0.4, 0.5) is 0 Å². The molecular formula is C52H50IrN4OSi-2. The van der Waals surface area contributed by atoms with Gasteiger partial charge in [-0.3, -0.25) is 4.98 Å². The molecular weight excluding hydrogens is 917 g/mol. The Labute approximate surface area is 363 Å². The van der Waals surface area contributed by atoms with Crippen LogP contribution in [-0.2, 0) is 25.5 Å². The van der Waals surface area contributed by atoms with Gasteiger partial charge in [-0.1, -0.05) is 125 Å². The molecule has 0 bridgehead atoms. The van der Waals surface area contributed by atoms with Gasteiger partial charge in [0.2, 0.25) is 5.71 Å². The first-order chi connectivity index (χ1) is 27.8. The van der Waals surface area contributed by atoms with Crippen molar-refractivity contribution >= 4 is 46.4 Å². The van der Waals surface area contributed by atoms with E-state index in [4.69, 9.17) is 9.40 Å². The van der Waals surface area contributed by atoms with E-state index in [1.54, 1.807) is 0 Å². The van der Waals surface area contributed by atoms with Crippen LogP contribution in [0.25, 0.3) is 72.6 Å². The van der Waals surface area contributed by atoms with Crippen molar-refractivity contribution in [2.24, 2.45) is 0 Å². The first-order valence-electron chi connectivity index (χ1n) is 20.1. The molecule has 0 fully saturated rings. The average Bonchev–Trinajstić information content (AvgIpc) is 3.79. The predicted octanol–water partition coefficient (Wildman–Crippen LogP) is 13.3. The number of aryl methyl sites for hydroxylation is 1. The van der Waals surface area contributed by atoms with E-state index < -0.39 is 8.07 Å². The number of nitrogens with zero attached hydrogens (tertiary/aromatic N) is 4. The number of rotatable bonds is 6. The Morgan fingerprint density at radius 1 is 0.746 bits per heavy atom. The van der Waals surface area contributed by atoms with E-state index >= 15 is 0 Å². The molecule has 0 unspecified atom stereocenters. The first kappa shape index (κ1) is 41.7. The monoisotopic (exact) mass is 967 g/mol. The van der Waals surface area contributed by atoms with Crippen LogP contribution in [0.5, 0.6) is 0 Å². The fourth-order valence-electron chi connectivity index (χ4n) is 7.64. The van der Waals surface area contributed by atoms with Gasteiger partial charge in [0.15, 0.2) is 0 Å². The maximum atomic E-state index is 6.39. The van der Waals surface area contributed by atoms with E-state index in [2.05, 4.69) is 172 Å². The van der Waals surface area contributed by atoms with Gasteiger partial charge in [-0.2, -0.15) is 0 Å². The van der Waals surface area contributed by atoms with Crippen LogP contribution in [-0.4, -0.2) is 27.6 Å². The second-order valence-corrected chi connectivity index (χ2v) is 22.5. The standard InChI is InChI=1S/C35H28N3O.C17H22NSi.Ir/c1-22-17-19-26-25-13-10-14-27(32(25)39-34(26)36-22)33-37-29-15-8-9-16-31(29)38(33)30-20-18-24(35(2,3)4)21-28(30)23-11-6-5-7-12-23;1-13(2)15-11-16(14-9-7-6-8-10-14)18-12-17(15)19(3,4)5;/h5-13,15-21H,1-4H3;6-9,11-13H,1-5H3;/q2*-1;. The smallest absolute Gasteiger partial charge is 0.216 e. The SMILES string of the molecule is CC(C)c1cc(-c2[c-]cccc2)ncc1[Si](C)(C)C.Cc1ccc2c(n1)oc1c(-c3nc4ccccc4n3-c3ccc(C(C)(C)C)cc3-c3ccccc3)[c-]ccc12.[Ir]. The summed E-state index contributed by atoms with van der Waals surface area (Å²) in [5, 5.41) is 3.48. The van der Waals surface area contributed by atoms with Gasteiger partial charge in [0.05, 0.1) is 30.5 Å². The predicted molar refractivity (Wildman–Crippen MR) is 245 cm³/mol. The van der Waals surface area contributed by atoms with Crippen LogP contribution >= 0.6 is 0 Å². The Morgan fingerprint density at radius 2 is 1.49 bits per heavy atom. The van der Waals surface area contributed by atoms with E-state index in [0.717, 1.165) is 72.5 Å². The van der Waals surface area contributed by atoms with Crippen molar-refractivity contribution in [1.29, 1.82) is 0 Å². The Bertz CT molecular complexity index is 2900. The van der Waals surface area contributed by atoms with Crippen LogP contribution in [0.2, 0.25) is 19.6 Å². The van der Waals surface area contributed by atoms with Crippen molar-refractivity contribution in [1.82, 2.24) is 19.5 Å². The van der Waals surface area contributed by atoms with Crippen LogP contribution in [0, 0.1) is 19.1 Å². The maximum Gasteiger partial charge on any atom is 0.216 e. The molecule has 4 aromatic heterocycles. The van der Waals surface area contributed by atoms with Crippen molar-refractivity contribution in [3.63, 3.8) is 0 Å². The summed E-state index contributed by atoms with van der Waals surface area (Å²) in [6.07, 6.45) is 2.09. The molecule has 7 heteroatoms. The fraction of sp³-hybridized carbons (Fsp3) is 0.212. The topological polar surface area (TPSA) is 56.7 Å². The largest absolute Gasteiger partial charge is 0.486 e. The van der Waals surface area contributed by atoms with Crippen molar-refractivity contribution < 1.29 is 24.5 Å². The Balaban J connectivity index is 0.000000223. The summed E-state index contributed by atoms with van der Waals surface area (Å²) < 4.78 is 8.64. The molecule has 9 aromatic rings. The number of aromatic nitrogens is 4. The van der Waals surface area contributed by atoms with Gasteiger partial charge in [0.1, 0.15) is 0 Å². The van der Waals surface area contributed by atoms with E-state index in [1.165, 1.54) is 16.3 Å². The third kappa shape index (κ3) is 8.38. The number of hydrogen-bond acceptors (Lipinski definition) is 4. The van der Waals surface area contributed by atoms with Crippen LogP contribution in [0.1, 0.15) is 57.4 Å². The van der Waals surface area contributed by atoms with E-state index in [1.807, 2.05) is 49.4 Å². The molecule has 0 N–H and O–H groups in total. The van der Waals surface area contributed by atoms with Crippen LogP contribution in [0.15, 0.2) is 138 Å². The van der Waals surface area contributed by atoms with Gasteiger partial charge in [-0.05, 0) is 76.7 Å². The molecule has 0 aliphatic carbocycles. The summed E-state index contributed by atoms with van der Waals surface area (Å²) in [6, 6.07) is 50.8. The third-order valence-electron chi connectivity index (χ3n) is 10.8. The van der Waals surface area contributed by atoms with Gasteiger partial charge in [-0.25, -0.2) is 4.98 Å². The van der Waals surface area contributed by atoms with Gasteiger partial charge in [-0.15, -0.1) is 54.1 Å². The first-order valence-corrected chi connectivity index (χ1v) is 23.6. The number of benzene rings is 5. The van der Waals surface area contributed by atoms with Crippen molar-refractivity contribution in [2.75, 3.05) is 0 Å². The van der Waals surface area contributed by atoms with Crippen molar-refractivity contribution in [3.8, 4) is 39.5 Å². The minimum absolute atomic E-state index is 0. The Kier molecular flexibility index (Phi) is 11.8. The number of furan rings is 1.